The van der Waals surface area contributed by atoms with Crippen molar-refractivity contribution >= 4 is 33.3 Å². The predicted molar refractivity (Wildman–Crippen MR) is 85.3 cm³/mol. The molecule has 1 N–H and O–H groups in total. The molecule has 0 saturated heterocycles. The summed E-state index contributed by atoms with van der Waals surface area (Å²) in [6.07, 6.45) is 1.91. The monoisotopic (exact) mass is 346 g/mol. The molecule has 0 aliphatic carbocycles. The Morgan fingerprint density at radius 3 is 2.57 bits per heavy atom. The molecule has 0 unspecified atom stereocenters. The van der Waals surface area contributed by atoms with Gasteiger partial charge in [-0.3, -0.25) is 9.59 Å². The molecule has 1 amide bonds. The van der Waals surface area contributed by atoms with Crippen LogP contribution in [0.2, 0.25) is 0 Å². The van der Waals surface area contributed by atoms with Gasteiger partial charge >= 0.3 is 0 Å². The first-order chi connectivity index (χ1) is 10.1. The number of nitrogens with zero attached hydrogens (tertiary/aromatic N) is 1. The Morgan fingerprint density at radius 1 is 1.14 bits per heavy atom. The second-order valence-corrected chi connectivity index (χ2v) is 5.47. The average molecular weight is 347 g/mol. The Kier molecular flexibility index (Phi) is 5.22. The lowest BCUT2D eigenvalue weighted by Crippen LogP contribution is -2.14. The summed E-state index contributed by atoms with van der Waals surface area (Å²) in [7, 11) is 0. The van der Waals surface area contributed by atoms with Crippen LogP contribution in [-0.4, -0.2) is 16.7 Å². The normalized spacial score (nSPS) is 10.2. The van der Waals surface area contributed by atoms with Gasteiger partial charge in [0.1, 0.15) is 4.60 Å². The van der Waals surface area contributed by atoms with Crippen molar-refractivity contribution in [2.24, 2.45) is 0 Å². The summed E-state index contributed by atoms with van der Waals surface area (Å²) in [5.74, 6) is -0.210. The molecule has 0 aliphatic heterocycles. The zero-order valence-corrected chi connectivity index (χ0v) is 13.2. The Hall–Kier alpha value is -2.01. The Bertz CT molecular complexity index is 654. The van der Waals surface area contributed by atoms with E-state index in [1.54, 1.807) is 24.4 Å². The molecule has 0 bridgehead atoms. The van der Waals surface area contributed by atoms with Crippen LogP contribution in [0.25, 0.3) is 0 Å². The first kappa shape index (κ1) is 15.4. The van der Waals surface area contributed by atoms with E-state index in [0.29, 0.717) is 15.9 Å². The van der Waals surface area contributed by atoms with Gasteiger partial charge < -0.3 is 5.32 Å². The van der Waals surface area contributed by atoms with Gasteiger partial charge in [-0.1, -0.05) is 24.3 Å². The summed E-state index contributed by atoms with van der Waals surface area (Å²) in [5, 5.41) is 2.72. The van der Waals surface area contributed by atoms with Crippen molar-refractivity contribution in [2.45, 2.75) is 19.8 Å². The Labute approximate surface area is 131 Å². The van der Waals surface area contributed by atoms with E-state index in [2.05, 4.69) is 26.2 Å². The van der Waals surface area contributed by atoms with Crippen LogP contribution in [0.15, 0.2) is 47.2 Å². The third-order valence-corrected chi connectivity index (χ3v) is 3.50. The fourth-order valence-electron chi connectivity index (χ4n) is 1.92. The minimum atomic E-state index is -0.193. The zero-order chi connectivity index (χ0) is 15.2. The lowest BCUT2D eigenvalue weighted by atomic mass is 10.0. The number of rotatable bonds is 5. The number of hydrogen-bond acceptors (Lipinski definition) is 3. The van der Waals surface area contributed by atoms with Crippen molar-refractivity contribution < 1.29 is 9.59 Å². The second-order valence-electron chi connectivity index (χ2n) is 4.66. The number of carbonyl (C=O) groups is 2. The van der Waals surface area contributed by atoms with Crippen LogP contribution in [0.5, 0.6) is 0 Å². The number of amides is 1. The highest BCUT2D eigenvalue weighted by molar-refractivity contribution is 9.10. The first-order valence-electron chi connectivity index (χ1n) is 6.56. The Morgan fingerprint density at radius 2 is 1.90 bits per heavy atom. The highest BCUT2D eigenvalue weighted by Gasteiger charge is 2.11. The molecule has 4 nitrogen and oxygen atoms in total. The molecule has 1 aromatic carbocycles. The van der Waals surface area contributed by atoms with Gasteiger partial charge in [0.15, 0.2) is 5.78 Å². The van der Waals surface area contributed by atoms with Crippen molar-refractivity contribution in [3.05, 3.63) is 58.3 Å². The molecule has 1 heterocycles. The number of hydrogen-bond donors (Lipinski definition) is 1. The van der Waals surface area contributed by atoms with Gasteiger partial charge in [-0.25, -0.2) is 4.98 Å². The minimum absolute atomic E-state index is 0.0165. The molecule has 1 aromatic heterocycles. The number of aryl methyl sites for hydroxylation is 1. The molecular formula is C16H15BrN2O2. The molecule has 0 radical (unpaired) electrons. The van der Waals surface area contributed by atoms with E-state index in [1.807, 2.05) is 25.1 Å². The number of Topliss-reactive ketones (excluding diaryl/α,β-unsaturated/α-hetero) is 1. The molecule has 0 spiro atoms. The number of aromatic nitrogens is 1. The van der Waals surface area contributed by atoms with Gasteiger partial charge in [-0.05, 0) is 40.5 Å². The fourth-order valence-corrected chi connectivity index (χ4v) is 2.16. The van der Waals surface area contributed by atoms with E-state index in [1.165, 1.54) is 0 Å². The summed E-state index contributed by atoms with van der Waals surface area (Å²) in [6, 6.07) is 10.9. The van der Waals surface area contributed by atoms with Gasteiger partial charge in [-0.15, -0.1) is 0 Å². The van der Waals surface area contributed by atoms with Crippen molar-refractivity contribution in [1.29, 1.82) is 0 Å². The number of pyridine rings is 1. The summed E-state index contributed by atoms with van der Waals surface area (Å²) in [5.41, 5.74) is 2.22. The van der Waals surface area contributed by atoms with E-state index in [9.17, 15) is 9.59 Å². The molecule has 0 fully saturated rings. The summed E-state index contributed by atoms with van der Waals surface area (Å²) in [4.78, 5) is 27.9. The molecular weight excluding hydrogens is 332 g/mol. The molecule has 108 valence electrons. The maximum absolute atomic E-state index is 12.1. The molecule has 2 aromatic rings. The van der Waals surface area contributed by atoms with E-state index in [0.717, 1.165) is 5.56 Å². The third-order valence-electron chi connectivity index (χ3n) is 3.04. The van der Waals surface area contributed by atoms with Crippen LogP contribution in [-0.2, 0) is 4.79 Å². The Balaban J connectivity index is 1.88. The van der Waals surface area contributed by atoms with Crippen molar-refractivity contribution in [2.75, 3.05) is 5.32 Å². The number of carbonyl (C=O) groups excluding carboxylic acids is 2. The zero-order valence-electron chi connectivity index (χ0n) is 11.6. The molecule has 0 saturated carbocycles. The summed E-state index contributed by atoms with van der Waals surface area (Å²) < 4.78 is 0.704. The van der Waals surface area contributed by atoms with Crippen molar-refractivity contribution in [3.8, 4) is 0 Å². The molecule has 2 rings (SSSR count). The molecule has 5 heteroatoms. The van der Waals surface area contributed by atoms with Gasteiger partial charge in [0, 0.05) is 18.4 Å². The number of anilines is 1. The van der Waals surface area contributed by atoms with Crippen molar-refractivity contribution in [3.63, 3.8) is 0 Å². The van der Waals surface area contributed by atoms with Gasteiger partial charge in [0.05, 0.1) is 11.9 Å². The van der Waals surface area contributed by atoms with Gasteiger partial charge in [-0.2, -0.15) is 0 Å². The van der Waals surface area contributed by atoms with Crippen LogP contribution in [0, 0.1) is 6.92 Å². The van der Waals surface area contributed by atoms with Crippen molar-refractivity contribution in [1.82, 2.24) is 4.98 Å². The number of halogens is 1. The molecule has 21 heavy (non-hydrogen) atoms. The summed E-state index contributed by atoms with van der Waals surface area (Å²) >= 11 is 3.23. The van der Waals surface area contributed by atoms with E-state index >= 15 is 0 Å². The topological polar surface area (TPSA) is 59.1 Å². The lowest BCUT2D eigenvalue weighted by molar-refractivity contribution is -0.116. The highest BCUT2D eigenvalue weighted by atomic mass is 79.9. The third kappa shape index (κ3) is 4.49. The molecule has 0 aliphatic rings. The smallest absolute Gasteiger partial charge is 0.224 e. The minimum Gasteiger partial charge on any atom is -0.325 e. The highest BCUT2D eigenvalue weighted by Crippen LogP contribution is 2.13. The van der Waals surface area contributed by atoms with Gasteiger partial charge in [0.2, 0.25) is 5.91 Å². The maximum Gasteiger partial charge on any atom is 0.224 e. The largest absolute Gasteiger partial charge is 0.325 e. The van der Waals surface area contributed by atoms with E-state index in [4.69, 9.17) is 0 Å². The number of nitrogens with one attached hydrogen (secondary N) is 1. The second kappa shape index (κ2) is 7.13. The van der Waals surface area contributed by atoms with Crippen LogP contribution in [0.3, 0.4) is 0 Å². The standard InChI is InChI=1S/C16H15BrN2O2/c1-11-4-2-3-5-13(11)14(20)7-9-16(21)19-12-6-8-15(17)18-10-12/h2-6,8,10H,7,9H2,1H3,(H,19,21). The number of ketones is 1. The SMILES string of the molecule is Cc1ccccc1C(=O)CCC(=O)Nc1ccc(Br)nc1. The predicted octanol–water partition coefficient (Wildman–Crippen LogP) is 3.75. The quantitative estimate of drug-likeness (QED) is 0.662. The fraction of sp³-hybridized carbons (Fsp3) is 0.188. The van der Waals surface area contributed by atoms with Crippen LogP contribution < -0.4 is 5.32 Å². The maximum atomic E-state index is 12.1. The number of benzene rings is 1. The van der Waals surface area contributed by atoms with Crippen LogP contribution >= 0.6 is 15.9 Å². The van der Waals surface area contributed by atoms with Crippen LogP contribution in [0.4, 0.5) is 5.69 Å². The van der Waals surface area contributed by atoms with E-state index in [-0.39, 0.29) is 24.5 Å². The average Bonchev–Trinajstić information content (AvgIpc) is 2.48. The molecule has 0 atom stereocenters. The van der Waals surface area contributed by atoms with Crippen LogP contribution in [0.1, 0.15) is 28.8 Å². The lowest BCUT2D eigenvalue weighted by Gasteiger charge is -2.06. The van der Waals surface area contributed by atoms with E-state index < -0.39 is 0 Å². The summed E-state index contributed by atoms with van der Waals surface area (Å²) in [6.45, 7) is 1.89. The first-order valence-corrected chi connectivity index (χ1v) is 7.36. The van der Waals surface area contributed by atoms with Gasteiger partial charge in [0.25, 0.3) is 0 Å².